The lowest BCUT2D eigenvalue weighted by Gasteiger charge is -2.12. The minimum Gasteiger partial charge on any atom is -0.380 e. The third-order valence-corrected chi connectivity index (χ3v) is 2.70. The van der Waals surface area contributed by atoms with Crippen molar-refractivity contribution in [2.75, 3.05) is 7.11 Å². The molecule has 0 saturated heterocycles. The molecule has 0 amide bonds. The summed E-state index contributed by atoms with van der Waals surface area (Å²) in [6.45, 7) is 5.13. The molecule has 1 nitrogen and oxygen atoms in total. The van der Waals surface area contributed by atoms with E-state index in [9.17, 15) is 0 Å². The van der Waals surface area contributed by atoms with Crippen molar-refractivity contribution in [1.29, 1.82) is 0 Å². The standard InChI is InChI=1S/C11H15IO/c1-8(2)11-5-4-10(12)6-9(11)7-13-3/h4-6,8H,7H2,1-3H3. The molecule has 0 N–H and O–H groups in total. The van der Waals surface area contributed by atoms with Gasteiger partial charge in [-0.1, -0.05) is 19.9 Å². The van der Waals surface area contributed by atoms with E-state index < -0.39 is 0 Å². The first-order valence-corrected chi connectivity index (χ1v) is 5.50. The predicted octanol–water partition coefficient (Wildman–Crippen LogP) is 3.56. The van der Waals surface area contributed by atoms with E-state index in [-0.39, 0.29) is 0 Å². The summed E-state index contributed by atoms with van der Waals surface area (Å²) in [5, 5.41) is 0. The summed E-state index contributed by atoms with van der Waals surface area (Å²) in [5.41, 5.74) is 2.70. The predicted molar refractivity (Wildman–Crippen MR) is 64.0 cm³/mol. The molecule has 0 aliphatic heterocycles. The zero-order valence-electron chi connectivity index (χ0n) is 8.30. The zero-order valence-corrected chi connectivity index (χ0v) is 10.5. The van der Waals surface area contributed by atoms with Crippen LogP contribution in [0.3, 0.4) is 0 Å². The number of rotatable bonds is 3. The Kier molecular flexibility index (Phi) is 4.19. The summed E-state index contributed by atoms with van der Waals surface area (Å²) in [7, 11) is 1.74. The molecule has 0 aliphatic rings. The lowest BCUT2D eigenvalue weighted by atomic mass is 9.98. The van der Waals surface area contributed by atoms with E-state index in [0.717, 1.165) is 0 Å². The Labute approximate surface area is 93.6 Å². The molecule has 2 heteroatoms. The summed E-state index contributed by atoms with van der Waals surface area (Å²) >= 11 is 2.33. The number of hydrogen-bond acceptors (Lipinski definition) is 1. The smallest absolute Gasteiger partial charge is 0.0716 e. The minimum absolute atomic E-state index is 0.571. The molecule has 0 spiro atoms. The molecule has 1 aromatic carbocycles. The maximum atomic E-state index is 5.17. The molecule has 0 unspecified atom stereocenters. The largest absolute Gasteiger partial charge is 0.380 e. The van der Waals surface area contributed by atoms with E-state index in [2.05, 4.69) is 54.6 Å². The van der Waals surface area contributed by atoms with Gasteiger partial charge in [0.25, 0.3) is 0 Å². The molecule has 0 radical (unpaired) electrons. The third-order valence-electron chi connectivity index (χ3n) is 2.03. The monoisotopic (exact) mass is 290 g/mol. The van der Waals surface area contributed by atoms with Crippen LogP contribution in [0.1, 0.15) is 30.9 Å². The van der Waals surface area contributed by atoms with Crippen molar-refractivity contribution in [2.24, 2.45) is 0 Å². The summed E-state index contributed by atoms with van der Waals surface area (Å²) in [5.74, 6) is 0.571. The van der Waals surface area contributed by atoms with E-state index in [1.54, 1.807) is 7.11 Å². The van der Waals surface area contributed by atoms with Gasteiger partial charge in [0.05, 0.1) is 6.61 Å². The van der Waals surface area contributed by atoms with Crippen molar-refractivity contribution >= 4 is 22.6 Å². The van der Waals surface area contributed by atoms with Crippen LogP contribution in [0.4, 0.5) is 0 Å². The first-order valence-electron chi connectivity index (χ1n) is 4.42. The van der Waals surface area contributed by atoms with Crippen LogP contribution < -0.4 is 0 Å². The highest BCUT2D eigenvalue weighted by Gasteiger charge is 2.06. The number of hydrogen-bond donors (Lipinski definition) is 0. The molecule has 0 aromatic heterocycles. The minimum atomic E-state index is 0.571. The molecular formula is C11H15IO. The molecule has 0 aliphatic carbocycles. The first kappa shape index (κ1) is 11.0. The van der Waals surface area contributed by atoms with Crippen LogP contribution in [0.2, 0.25) is 0 Å². The summed E-state index contributed by atoms with van der Waals surface area (Å²) in [6.07, 6.45) is 0. The molecule has 0 saturated carbocycles. The van der Waals surface area contributed by atoms with Gasteiger partial charge in [-0.05, 0) is 51.8 Å². The van der Waals surface area contributed by atoms with Crippen LogP contribution in [-0.2, 0) is 11.3 Å². The third kappa shape index (κ3) is 2.95. The molecule has 72 valence electrons. The second-order valence-corrected chi connectivity index (χ2v) is 4.68. The molecule has 1 rings (SSSR count). The molecular weight excluding hydrogens is 275 g/mol. The van der Waals surface area contributed by atoms with Gasteiger partial charge < -0.3 is 4.74 Å². The summed E-state index contributed by atoms with van der Waals surface area (Å²) < 4.78 is 6.44. The van der Waals surface area contributed by atoms with Crippen molar-refractivity contribution in [2.45, 2.75) is 26.4 Å². The van der Waals surface area contributed by atoms with E-state index in [4.69, 9.17) is 4.74 Å². The van der Waals surface area contributed by atoms with Gasteiger partial charge in [0.15, 0.2) is 0 Å². The molecule has 0 bridgehead atoms. The fraction of sp³-hybridized carbons (Fsp3) is 0.455. The van der Waals surface area contributed by atoms with Crippen molar-refractivity contribution in [1.82, 2.24) is 0 Å². The topological polar surface area (TPSA) is 9.23 Å². The van der Waals surface area contributed by atoms with Crippen molar-refractivity contribution in [3.8, 4) is 0 Å². The van der Waals surface area contributed by atoms with Crippen molar-refractivity contribution in [3.63, 3.8) is 0 Å². The van der Waals surface area contributed by atoms with Gasteiger partial charge in [0.1, 0.15) is 0 Å². The molecule has 0 heterocycles. The van der Waals surface area contributed by atoms with Crippen LogP contribution in [0.15, 0.2) is 18.2 Å². The van der Waals surface area contributed by atoms with E-state index in [1.807, 2.05) is 0 Å². The average Bonchev–Trinajstić information content (AvgIpc) is 2.04. The first-order chi connectivity index (χ1) is 6.15. The number of benzene rings is 1. The Morgan fingerprint density at radius 2 is 2.08 bits per heavy atom. The Balaban J connectivity index is 3.03. The van der Waals surface area contributed by atoms with Crippen molar-refractivity contribution in [3.05, 3.63) is 32.9 Å². The van der Waals surface area contributed by atoms with Crippen LogP contribution >= 0.6 is 22.6 Å². The fourth-order valence-electron chi connectivity index (χ4n) is 1.42. The maximum absolute atomic E-state index is 5.17. The van der Waals surface area contributed by atoms with E-state index in [1.165, 1.54) is 14.7 Å². The Bertz CT molecular complexity index is 281. The highest BCUT2D eigenvalue weighted by molar-refractivity contribution is 14.1. The molecule has 1 aromatic rings. The van der Waals surface area contributed by atoms with Crippen LogP contribution in [0, 0.1) is 3.57 Å². The highest BCUT2D eigenvalue weighted by atomic mass is 127. The Hall–Kier alpha value is -0.0900. The van der Waals surface area contributed by atoms with Crippen molar-refractivity contribution < 1.29 is 4.74 Å². The lowest BCUT2D eigenvalue weighted by molar-refractivity contribution is 0.184. The average molecular weight is 290 g/mol. The van der Waals surface area contributed by atoms with Gasteiger partial charge in [-0.2, -0.15) is 0 Å². The Morgan fingerprint density at radius 1 is 1.38 bits per heavy atom. The summed E-state index contributed by atoms with van der Waals surface area (Å²) in [6, 6.07) is 6.54. The van der Waals surface area contributed by atoms with Gasteiger partial charge in [0, 0.05) is 10.7 Å². The normalized spacial score (nSPS) is 10.8. The SMILES string of the molecule is COCc1cc(I)ccc1C(C)C. The fourth-order valence-corrected chi connectivity index (χ4v) is 1.97. The number of halogens is 1. The van der Waals surface area contributed by atoms with Gasteiger partial charge >= 0.3 is 0 Å². The maximum Gasteiger partial charge on any atom is 0.0716 e. The highest BCUT2D eigenvalue weighted by Crippen LogP contribution is 2.22. The van der Waals surface area contributed by atoms with Gasteiger partial charge in [-0.15, -0.1) is 0 Å². The second kappa shape index (κ2) is 4.96. The summed E-state index contributed by atoms with van der Waals surface area (Å²) in [4.78, 5) is 0. The Morgan fingerprint density at radius 3 is 2.62 bits per heavy atom. The quantitative estimate of drug-likeness (QED) is 0.773. The zero-order chi connectivity index (χ0) is 9.84. The molecule has 0 atom stereocenters. The van der Waals surface area contributed by atoms with E-state index in [0.29, 0.717) is 12.5 Å². The van der Waals surface area contributed by atoms with Gasteiger partial charge in [-0.3, -0.25) is 0 Å². The van der Waals surface area contributed by atoms with Crippen LogP contribution in [0.5, 0.6) is 0 Å². The second-order valence-electron chi connectivity index (χ2n) is 3.43. The van der Waals surface area contributed by atoms with Gasteiger partial charge in [0.2, 0.25) is 0 Å². The number of ether oxygens (including phenoxy) is 1. The van der Waals surface area contributed by atoms with Gasteiger partial charge in [-0.25, -0.2) is 0 Å². The molecule has 13 heavy (non-hydrogen) atoms. The van der Waals surface area contributed by atoms with E-state index >= 15 is 0 Å². The molecule has 0 fully saturated rings. The van der Waals surface area contributed by atoms with Crippen LogP contribution in [0.25, 0.3) is 0 Å². The van der Waals surface area contributed by atoms with Crippen LogP contribution in [-0.4, -0.2) is 7.11 Å². The number of methoxy groups -OCH3 is 1. The lowest BCUT2D eigenvalue weighted by Crippen LogP contribution is -1.98.